The Bertz CT molecular complexity index is 297. The predicted molar refractivity (Wildman–Crippen MR) is 56.5 cm³/mol. The summed E-state index contributed by atoms with van der Waals surface area (Å²) in [5.41, 5.74) is 0.691. The van der Waals surface area contributed by atoms with Crippen molar-refractivity contribution in [3.8, 4) is 0 Å². The van der Waals surface area contributed by atoms with Crippen LogP contribution in [0.2, 0.25) is 0 Å². The number of aromatic nitrogens is 3. The van der Waals surface area contributed by atoms with E-state index >= 15 is 0 Å². The first kappa shape index (κ1) is 12.1. The molecule has 15 heavy (non-hydrogen) atoms. The number of rotatable bonds is 6. The first-order valence-electron chi connectivity index (χ1n) is 5.12. The Morgan fingerprint density at radius 2 is 2.27 bits per heavy atom. The van der Waals surface area contributed by atoms with Gasteiger partial charge in [0.15, 0.2) is 0 Å². The maximum absolute atomic E-state index is 8.73. The highest BCUT2D eigenvalue weighted by Crippen LogP contribution is 2.13. The van der Waals surface area contributed by atoms with Crippen LogP contribution in [-0.2, 0) is 17.7 Å². The Balaban J connectivity index is 2.44. The van der Waals surface area contributed by atoms with Gasteiger partial charge in [-0.3, -0.25) is 4.68 Å². The molecule has 1 aromatic rings. The first-order chi connectivity index (χ1) is 7.07. The summed E-state index contributed by atoms with van der Waals surface area (Å²) in [4.78, 5) is 0. The minimum atomic E-state index is -0.136. The molecule has 0 atom stereocenters. The number of aliphatic hydroxyl groups is 1. The number of aliphatic hydroxyl groups excluding tert-OH is 1. The third-order valence-electron chi connectivity index (χ3n) is 2.45. The number of aryl methyl sites for hydroxylation is 1. The van der Waals surface area contributed by atoms with Crippen LogP contribution in [0.1, 0.15) is 26.0 Å². The highest BCUT2D eigenvalue weighted by atomic mass is 16.5. The van der Waals surface area contributed by atoms with Crippen LogP contribution in [0.3, 0.4) is 0 Å². The van der Waals surface area contributed by atoms with Crippen molar-refractivity contribution in [2.24, 2.45) is 0 Å². The van der Waals surface area contributed by atoms with Crippen molar-refractivity contribution >= 4 is 0 Å². The zero-order chi connectivity index (χ0) is 11.3. The molecule has 0 aliphatic rings. The Morgan fingerprint density at radius 1 is 1.53 bits per heavy atom. The Kier molecular flexibility index (Phi) is 4.23. The Hall–Kier alpha value is -0.940. The van der Waals surface area contributed by atoms with Crippen LogP contribution in [0, 0.1) is 0 Å². The van der Waals surface area contributed by atoms with Gasteiger partial charge >= 0.3 is 0 Å². The van der Waals surface area contributed by atoms with E-state index in [9.17, 15) is 0 Å². The van der Waals surface area contributed by atoms with Gasteiger partial charge in [-0.15, -0.1) is 5.10 Å². The molecule has 0 unspecified atom stereocenters. The minimum Gasteiger partial charge on any atom is -0.396 e. The molecule has 0 saturated heterocycles. The van der Waals surface area contributed by atoms with Crippen LogP contribution in [0.4, 0.5) is 0 Å². The SMILES string of the molecule is COC(C)(C)CCn1cc(CCO)nn1. The van der Waals surface area contributed by atoms with Crippen molar-refractivity contribution < 1.29 is 9.84 Å². The fraction of sp³-hybridized carbons (Fsp3) is 0.800. The maximum atomic E-state index is 8.73. The van der Waals surface area contributed by atoms with Crippen molar-refractivity contribution in [3.63, 3.8) is 0 Å². The van der Waals surface area contributed by atoms with Crippen LogP contribution in [0.25, 0.3) is 0 Å². The van der Waals surface area contributed by atoms with Crippen molar-refractivity contribution in [2.75, 3.05) is 13.7 Å². The standard InChI is InChI=1S/C10H19N3O2/c1-10(2,15-3)5-6-13-8-9(4-7-14)11-12-13/h8,14H,4-7H2,1-3H3. The van der Waals surface area contributed by atoms with Crippen molar-refractivity contribution in [1.82, 2.24) is 15.0 Å². The molecule has 5 nitrogen and oxygen atoms in total. The molecule has 0 amide bonds. The van der Waals surface area contributed by atoms with Crippen molar-refractivity contribution in [3.05, 3.63) is 11.9 Å². The lowest BCUT2D eigenvalue weighted by Gasteiger charge is -2.22. The van der Waals surface area contributed by atoms with E-state index < -0.39 is 0 Å². The summed E-state index contributed by atoms with van der Waals surface area (Å²) in [5, 5.41) is 16.6. The summed E-state index contributed by atoms with van der Waals surface area (Å²) in [6.07, 6.45) is 3.31. The molecule has 0 saturated carbocycles. The second kappa shape index (κ2) is 5.23. The minimum absolute atomic E-state index is 0.113. The summed E-state index contributed by atoms with van der Waals surface area (Å²) in [6.45, 7) is 4.97. The molecule has 1 heterocycles. The van der Waals surface area contributed by atoms with E-state index in [1.807, 2.05) is 20.0 Å². The van der Waals surface area contributed by atoms with Gasteiger partial charge in [0.25, 0.3) is 0 Å². The molecule has 0 aliphatic heterocycles. The smallest absolute Gasteiger partial charge is 0.0849 e. The van der Waals surface area contributed by atoms with Crippen molar-refractivity contribution in [1.29, 1.82) is 0 Å². The van der Waals surface area contributed by atoms with Gasteiger partial charge in [-0.05, 0) is 20.3 Å². The number of ether oxygens (including phenoxy) is 1. The highest BCUT2D eigenvalue weighted by molar-refractivity contribution is 4.92. The monoisotopic (exact) mass is 213 g/mol. The van der Waals surface area contributed by atoms with E-state index in [0.29, 0.717) is 6.42 Å². The predicted octanol–water partition coefficient (Wildman–Crippen LogP) is 0.628. The van der Waals surface area contributed by atoms with Crippen LogP contribution >= 0.6 is 0 Å². The van der Waals surface area contributed by atoms with Crippen LogP contribution < -0.4 is 0 Å². The summed E-state index contributed by atoms with van der Waals surface area (Å²) < 4.78 is 7.10. The van der Waals surface area contributed by atoms with Crippen LogP contribution in [0.15, 0.2) is 6.20 Å². The summed E-state index contributed by atoms with van der Waals surface area (Å²) in [5.74, 6) is 0. The van der Waals surface area contributed by atoms with E-state index in [4.69, 9.17) is 9.84 Å². The molecular formula is C10H19N3O2. The average Bonchev–Trinajstić information content (AvgIpc) is 2.64. The molecule has 0 aromatic carbocycles. The van der Waals surface area contributed by atoms with E-state index in [1.165, 1.54) is 0 Å². The molecule has 0 fully saturated rings. The topological polar surface area (TPSA) is 60.2 Å². The molecular weight excluding hydrogens is 194 g/mol. The van der Waals surface area contributed by atoms with E-state index in [1.54, 1.807) is 11.8 Å². The quantitative estimate of drug-likeness (QED) is 0.753. The van der Waals surface area contributed by atoms with Gasteiger partial charge in [-0.25, -0.2) is 0 Å². The first-order valence-corrected chi connectivity index (χ1v) is 5.12. The summed E-state index contributed by atoms with van der Waals surface area (Å²) in [7, 11) is 1.71. The average molecular weight is 213 g/mol. The number of methoxy groups -OCH3 is 1. The van der Waals surface area contributed by atoms with Gasteiger partial charge in [0.05, 0.1) is 11.3 Å². The molecule has 86 valence electrons. The van der Waals surface area contributed by atoms with Crippen molar-refractivity contribution in [2.45, 2.75) is 38.8 Å². The van der Waals surface area contributed by atoms with E-state index in [2.05, 4.69) is 10.3 Å². The lowest BCUT2D eigenvalue weighted by molar-refractivity contribution is 0.0112. The fourth-order valence-electron chi connectivity index (χ4n) is 1.16. The second-order valence-electron chi connectivity index (χ2n) is 4.16. The normalized spacial score (nSPS) is 12.0. The zero-order valence-electron chi connectivity index (χ0n) is 9.60. The molecule has 1 aromatic heterocycles. The second-order valence-corrected chi connectivity index (χ2v) is 4.16. The molecule has 0 spiro atoms. The van der Waals surface area contributed by atoms with Gasteiger partial charge in [0.1, 0.15) is 0 Å². The van der Waals surface area contributed by atoms with Gasteiger partial charge < -0.3 is 9.84 Å². The van der Waals surface area contributed by atoms with Gasteiger partial charge in [-0.2, -0.15) is 0 Å². The lowest BCUT2D eigenvalue weighted by atomic mass is 10.1. The molecule has 0 radical (unpaired) electrons. The fourth-order valence-corrected chi connectivity index (χ4v) is 1.16. The van der Waals surface area contributed by atoms with E-state index in [-0.39, 0.29) is 12.2 Å². The molecule has 5 heteroatoms. The third-order valence-corrected chi connectivity index (χ3v) is 2.45. The summed E-state index contributed by atoms with van der Waals surface area (Å²) in [6, 6.07) is 0. The largest absolute Gasteiger partial charge is 0.396 e. The maximum Gasteiger partial charge on any atom is 0.0849 e. The third kappa shape index (κ3) is 3.97. The number of hydrogen-bond acceptors (Lipinski definition) is 4. The van der Waals surface area contributed by atoms with Crippen LogP contribution in [-0.4, -0.2) is 39.4 Å². The number of nitrogens with zero attached hydrogens (tertiary/aromatic N) is 3. The van der Waals surface area contributed by atoms with E-state index in [0.717, 1.165) is 18.7 Å². The van der Waals surface area contributed by atoms with Gasteiger partial charge in [-0.1, -0.05) is 5.21 Å². The Labute approximate surface area is 90.1 Å². The highest BCUT2D eigenvalue weighted by Gasteiger charge is 2.16. The Morgan fingerprint density at radius 3 is 2.87 bits per heavy atom. The molecule has 1 rings (SSSR count). The van der Waals surface area contributed by atoms with Gasteiger partial charge in [0, 0.05) is 32.9 Å². The molecule has 1 N–H and O–H groups in total. The van der Waals surface area contributed by atoms with Crippen LogP contribution in [0.5, 0.6) is 0 Å². The molecule has 0 bridgehead atoms. The summed E-state index contributed by atoms with van der Waals surface area (Å²) >= 11 is 0. The number of hydrogen-bond donors (Lipinski definition) is 1. The van der Waals surface area contributed by atoms with Gasteiger partial charge in [0.2, 0.25) is 0 Å². The molecule has 0 aliphatic carbocycles. The zero-order valence-corrected chi connectivity index (χ0v) is 9.60. The lowest BCUT2D eigenvalue weighted by Crippen LogP contribution is -2.24.